The van der Waals surface area contributed by atoms with Crippen molar-refractivity contribution in [2.45, 2.75) is 19.8 Å². The van der Waals surface area contributed by atoms with Crippen molar-refractivity contribution in [3.05, 3.63) is 65.7 Å². The third-order valence-electron chi connectivity index (χ3n) is 4.08. The number of rotatable bonds is 6. The van der Waals surface area contributed by atoms with Crippen molar-refractivity contribution < 1.29 is 12.6 Å². The molecular formula is C20H21NO3S. The number of aromatic nitrogens is 1. The minimum atomic E-state index is -3.45. The molecule has 0 saturated heterocycles. The van der Waals surface area contributed by atoms with Gasteiger partial charge >= 0.3 is 0 Å². The van der Waals surface area contributed by atoms with E-state index in [-0.39, 0.29) is 6.61 Å². The van der Waals surface area contributed by atoms with Gasteiger partial charge in [-0.05, 0) is 42.2 Å². The van der Waals surface area contributed by atoms with E-state index in [2.05, 4.69) is 25.1 Å². The number of hydrogen-bond donors (Lipinski definition) is 0. The maximum absolute atomic E-state index is 11.2. The lowest BCUT2D eigenvalue weighted by molar-refractivity contribution is 0.326. The normalized spacial score (nSPS) is 11.8. The molecule has 0 amide bonds. The van der Waals surface area contributed by atoms with E-state index in [9.17, 15) is 8.42 Å². The van der Waals surface area contributed by atoms with E-state index in [1.807, 2.05) is 36.4 Å². The molecule has 2 aromatic carbocycles. The predicted octanol–water partition coefficient (Wildman–Crippen LogP) is 3.98. The topological polar surface area (TPSA) is 56.3 Å². The summed E-state index contributed by atoms with van der Waals surface area (Å²) in [6, 6.07) is 18.3. The summed E-state index contributed by atoms with van der Waals surface area (Å²) >= 11 is 0. The maximum atomic E-state index is 11.2. The fourth-order valence-corrected chi connectivity index (χ4v) is 3.22. The van der Waals surface area contributed by atoms with Crippen LogP contribution in [-0.4, -0.2) is 26.3 Å². The summed E-state index contributed by atoms with van der Waals surface area (Å²) in [6.07, 6.45) is 2.51. The van der Waals surface area contributed by atoms with E-state index in [0.717, 1.165) is 40.4 Å². The van der Waals surface area contributed by atoms with Crippen LogP contribution in [0.5, 0.6) is 0 Å². The highest BCUT2D eigenvalue weighted by Crippen LogP contribution is 2.27. The molecule has 0 atom stereocenters. The highest BCUT2D eigenvalue weighted by molar-refractivity contribution is 7.85. The van der Waals surface area contributed by atoms with E-state index in [1.54, 1.807) is 0 Å². The Kier molecular flexibility index (Phi) is 5.16. The third-order valence-corrected chi connectivity index (χ3v) is 4.68. The molecule has 0 aliphatic carbocycles. The zero-order valence-corrected chi connectivity index (χ0v) is 15.2. The molecule has 0 saturated carbocycles. The number of hydrogen-bond acceptors (Lipinski definition) is 4. The Hall–Kier alpha value is -2.24. The molecule has 0 bridgehead atoms. The highest BCUT2D eigenvalue weighted by Gasteiger charge is 2.11. The molecule has 0 spiro atoms. The van der Waals surface area contributed by atoms with Gasteiger partial charge in [0, 0.05) is 10.9 Å². The lowest BCUT2D eigenvalue weighted by atomic mass is 10.00. The fourth-order valence-electron chi connectivity index (χ4n) is 2.83. The molecule has 3 rings (SSSR count). The van der Waals surface area contributed by atoms with Gasteiger partial charge in [0.1, 0.15) is 0 Å². The number of pyridine rings is 1. The van der Waals surface area contributed by atoms with Gasteiger partial charge in [0.2, 0.25) is 0 Å². The second-order valence-corrected chi connectivity index (χ2v) is 7.66. The van der Waals surface area contributed by atoms with Gasteiger partial charge in [-0.3, -0.25) is 4.18 Å². The number of aryl methyl sites for hydroxylation is 1. The van der Waals surface area contributed by atoms with Crippen molar-refractivity contribution in [3.8, 4) is 11.3 Å². The SMILES string of the molecule is CCc1ccc2nc(-c3ccccc3)c(CCOS(C)(=O)=O)cc2c1. The summed E-state index contributed by atoms with van der Waals surface area (Å²) in [5, 5.41) is 1.06. The lowest BCUT2D eigenvalue weighted by Gasteiger charge is -2.12. The molecule has 0 aliphatic heterocycles. The smallest absolute Gasteiger partial charge is 0.264 e. The first-order valence-corrected chi connectivity index (χ1v) is 10.1. The van der Waals surface area contributed by atoms with E-state index in [4.69, 9.17) is 9.17 Å². The number of benzene rings is 2. The average Bonchev–Trinajstić information content (AvgIpc) is 2.60. The summed E-state index contributed by atoms with van der Waals surface area (Å²) in [5.74, 6) is 0. The Morgan fingerprint density at radius 1 is 1.04 bits per heavy atom. The van der Waals surface area contributed by atoms with Gasteiger partial charge in [0.15, 0.2) is 0 Å². The van der Waals surface area contributed by atoms with Crippen LogP contribution in [0.25, 0.3) is 22.2 Å². The monoisotopic (exact) mass is 355 g/mol. The largest absolute Gasteiger partial charge is 0.270 e. The van der Waals surface area contributed by atoms with E-state index in [1.165, 1.54) is 5.56 Å². The van der Waals surface area contributed by atoms with Gasteiger partial charge in [0.05, 0.1) is 24.1 Å². The van der Waals surface area contributed by atoms with Crippen LogP contribution in [-0.2, 0) is 27.1 Å². The molecule has 0 unspecified atom stereocenters. The first-order valence-electron chi connectivity index (χ1n) is 8.28. The van der Waals surface area contributed by atoms with Gasteiger partial charge in [-0.25, -0.2) is 4.98 Å². The van der Waals surface area contributed by atoms with Crippen LogP contribution in [0.1, 0.15) is 18.1 Å². The van der Waals surface area contributed by atoms with Crippen LogP contribution in [0, 0.1) is 0 Å². The molecule has 0 aliphatic rings. The Morgan fingerprint density at radius 3 is 2.48 bits per heavy atom. The molecule has 5 heteroatoms. The van der Waals surface area contributed by atoms with Crippen molar-refractivity contribution in [1.29, 1.82) is 0 Å². The van der Waals surface area contributed by atoms with Crippen LogP contribution < -0.4 is 0 Å². The van der Waals surface area contributed by atoms with Gasteiger partial charge in [0.25, 0.3) is 10.1 Å². The molecule has 0 N–H and O–H groups in total. The average molecular weight is 355 g/mol. The molecule has 1 heterocycles. The van der Waals surface area contributed by atoms with Crippen LogP contribution in [0.4, 0.5) is 0 Å². The zero-order valence-electron chi connectivity index (χ0n) is 14.4. The first kappa shape index (κ1) is 17.6. The third kappa shape index (κ3) is 4.44. The summed E-state index contributed by atoms with van der Waals surface area (Å²) < 4.78 is 27.4. The van der Waals surface area contributed by atoms with Crippen LogP contribution >= 0.6 is 0 Å². The Bertz CT molecular complexity index is 982. The second kappa shape index (κ2) is 7.33. The number of nitrogens with zero attached hydrogens (tertiary/aromatic N) is 1. The molecule has 3 aromatic rings. The first-order chi connectivity index (χ1) is 12.0. The minimum absolute atomic E-state index is 0.110. The Morgan fingerprint density at radius 2 is 1.80 bits per heavy atom. The van der Waals surface area contributed by atoms with E-state index >= 15 is 0 Å². The molecule has 4 nitrogen and oxygen atoms in total. The molecular weight excluding hydrogens is 334 g/mol. The minimum Gasteiger partial charge on any atom is -0.270 e. The van der Waals surface area contributed by atoms with Gasteiger partial charge in [-0.1, -0.05) is 43.3 Å². The molecule has 130 valence electrons. The van der Waals surface area contributed by atoms with Crippen molar-refractivity contribution in [2.24, 2.45) is 0 Å². The van der Waals surface area contributed by atoms with Crippen molar-refractivity contribution in [2.75, 3.05) is 12.9 Å². The standard InChI is InChI=1S/C20H21NO3S/c1-3-15-9-10-19-18(13-15)14-17(11-12-24-25(2,22)23)20(21-19)16-7-5-4-6-8-16/h4-10,13-14H,3,11-12H2,1-2H3. The van der Waals surface area contributed by atoms with Crippen LogP contribution in [0.2, 0.25) is 0 Å². The summed E-state index contributed by atoms with van der Waals surface area (Å²) in [5.41, 5.74) is 5.05. The van der Waals surface area contributed by atoms with Gasteiger partial charge in [-0.15, -0.1) is 0 Å². The lowest BCUT2D eigenvalue weighted by Crippen LogP contribution is -2.07. The van der Waals surface area contributed by atoms with Crippen molar-refractivity contribution in [1.82, 2.24) is 4.98 Å². The van der Waals surface area contributed by atoms with Gasteiger partial charge in [-0.2, -0.15) is 8.42 Å². The van der Waals surface area contributed by atoms with Crippen molar-refractivity contribution >= 4 is 21.0 Å². The number of fused-ring (bicyclic) bond motifs is 1. The van der Waals surface area contributed by atoms with E-state index < -0.39 is 10.1 Å². The Balaban J connectivity index is 2.05. The van der Waals surface area contributed by atoms with Gasteiger partial charge < -0.3 is 0 Å². The second-order valence-electron chi connectivity index (χ2n) is 6.02. The quantitative estimate of drug-likeness (QED) is 0.628. The summed E-state index contributed by atoms with van der Waals surface area (Å²) in [7, 11) is -3.45. The van der Waals surface area contributed by atoms with Crippen molar-refractivity contribution in [3.63, 3.8) is 0 Å². The molecule has 0 radical (unpaired) electrons. The van der Waals surface area contributed by atoms with Crippen LogP contribution in [0.3, 0.4) is 0 Å². The van der Waals surface area contributed by atoms with E-state index in [0.29, 0.717) is 6.42 Å². The fraction of sp³-hybridized carbons (Fsp3) is 0.250. The molecule has 0 fully saturated rings. The summed E-state index contributed by atoms with van der Waals surface area (Å²) in [6.45, 7) is 2.23. The highest BCUT2D eigenvalue weighted by atomic mass is 32.2. The van der Waals surface area contributed by atoms with Crippen LogP contribution in [0.15, 0.2) is 54.6 Å². The maximum Gasteiger partial charge on any atom is 0.264 e. The zero-order chi connectivity index (χ0) is 17.9. The molecule has 25 heavy (non-hydrogen) atoms. The summed E-state index contributed by atoms with van der Waals surface area (Å²) in [4.78, 5) is 4.83. The molecule has 1 aromatic heterocycles. The Labute approximate surface area is 148 Å². The predicted molar refractivity (Wildman–Crippen MR) is 101 cm³/mol.